The SMILES string of the molecule is COc1cc(N2CCNC[C@@H]2C)ncc1-c1ccc(N)nc1. The lowest BCUT2D eigenvalue weighted by atomic mass is 10.1. The molecular formula is C16H21N5O. The number of aromatic nitrogens is 2. The number of hydrogen-bond acceptors (Lipinski definition) is 6. The fraction of sp³-hybridized carbons (Fsp3) is 0.375. The van der Waals surface area contributed by atoms with Gasteiger partial charge >= 0.3 is 0 Å². The van der Waals surface area contributed by atoms with Crippen molar-refractivity contribution in [2.45, 2.75) is 13.0 Å². The monoisotopic (exact) mass is 299 g/mol. The van der Waals surface area contributed by atoms with Gasteiger partial charge in [0.05, 0.1) is 7.11 Å². The number of piperazine rings is 1. The second kappa shape index (κ2) is 6.19. The van der Waals surface area contributed by atoms with Gasteiger partial charge in [0.2, 0.25) is 0 Å². The summed E-state index contributed by atoms with van der Waals surface area (Å²) in [6.07, 6.45) is 3.58. The molecule has 0 amide bonds. The summed E-state index contributed by atoms with van der Waals surface area (Å²) in [6.45, 7) is 5.07. The summed E-state index contributed by atoms with van der Waals surface area (Å²) in [4.78, 5) is 11.0. The lowest BCUT2D eigenvalue weighted by molar-refractivity contribution is 0.415. The van der Waals surface area contributed by atoms with Crippen LogP contribution in [0, 0.1) is 0 Å². The second-order valence-electron chi connectivity index (χ2n) is 5.46. The summed E-state index contributed by atoms with van der Waals surface area (Å²) in [5, 5.41) is 3.38. The Labute approximate surface area is 130 Å². The first kappa shape index (κ1) is 14.6. The van der Waals surface area contributed by atoms with E-state index in [4.69, 9.17) is 10.5 Å². The van der Waals surface area contributed by atoms with Crippen LogP contribution in [0.2, 0.25) is 0 Å². The molecule has 116 valence electrons. The maximum Gasteiger partial charge on any atom is 0.132 e. The maximum atomic E-state index is 5.64. The van der Waals surface area contributed by atoms with Gasteiger partial charge in [0.1, 0.15) is 17.4 Å². The third-order valence-corrected chi connectivity index (χ3v) is 3.96. The molecule has 3 heterocycles. The van der Waals surface area contributed by atoms with Crippen LogP contribution in [0.25, 0.3) is 11.1 Å². The molecule has 0 saturated carbocycles. The van der Waals surface area contributed by atoms with E-state index >= 15 is 0 Å². The van der Waals surface area contributed by atoms with E-state index in [1.165, 1.54) is 0 Å². The smallest absolute Gasteiger partial charge is 0.132 e. The van der Waals surface area contributed by atoms with Crippen LogP contribution in [-0.2, 0) is 0 Å². The first-order valence-electron chi connectivity index (χ1n) is 7.42. The second-order valence-corrected chi connectivity index (χ2v) is 5.46. The third-order valence-electron chi connectivity index (χ3n) is 3.96. The van der Waals surface area contributed by atoms with Crippen molar-refractivity contribution >= 4 is 11.6 Å². The number of nitrogens with one attached hydrogen (secondary N) is 1. The molecule has 0 radical (unpaired) electrons. The minimum atomic E-state index is 0.412. The number of nitrogen functional groups attached to an aromatic ring is 1. The van der Waals surface area contributed by atoms with Crippen molar-refractivity contribution in [1.29, 1.82) is 0 Å². The molecule has 0 aliphatic carbocycles. The van der Waals surface area contributed by atoms with Gasteiger partial charge in [0, 0.05) is 55.3 Å². The highest BCUT2D eigenvalue weighted by atomic mass is 16.5. The van der Waals surface area contributed by atoms with Crippen molar-refractivity contribution in [3.63, 3.8) is 0 Å². The van der Waals surface area contributed by atoms with Crippen LogP contribution in [0.15, 0.2) is 30.6 Å². The number of hydrogen-bond donors (Lipinski definition) is 2. The first-order chi connectivity index (χ1) is 10.7. The molecule has 1 fully saturated rings. The topological polar surface area (TPSA) is 76.3 Å². The van der Waals surface area contributed by atoms with E-state index < -0.39 is 0 Å². The molecule has 3 rings (SSSR count). The van der Waals surface area contributed by atoms with Crippen molar-refractivity contribution < 1.29 is 4.74 Å². The number of anilines is 2. The Kier molecular flexibility index (Phi) is 4.11. The summed E-state index contributed by atoms with van der Waals surface area (Å²) >= 11 is 0. The van der Waals surface area contributed by atoms with E-state index in [9.17, 15) is 0 Å². The molecule has 6 heteroatoms. The fourth-order valence-corrected chi connectivity index (χ4v) is 2.72. The Bertz CT molecular complexity index is 643. The fourth-order valence-electron chi connectivity index (χ4n) is 2.72. The van der Waals surface area contributed by atoms with Crippen LogP contribution < -0.4 is 20.7 Å². The van der Waals surface area contributed by atoms with Gasteiger partial charge in [-0.3, -0.25) is 0 Å². The minimum Gasteiger partial charge on any atom is -0.496 e. The Morgan fingerprint density at radius 1 is 1.32 bits per heavy atom. The number of rotatable bonds is 3. The van der Waals surface area contributed by atoms with Crippen molar-refractivity contribution in [3.8, 4) is 16.9 Å². The van der Waals surface area contributed by atoms with Gasteiger partial charge in [-0.05, 0) is 19.1 Å². The molecule has 0 bridgehead atoms. The van der Waals surface area contributed by atoms with E-state index in [2.05, 4.69) is 27.1 Å². The summed E-state index contributed by atoms with van der Waals surface area (Å²) in [5.74, 6) is 2.24. The zero-order valence-electron chi connectivity index (χ0n) is 12.9. The third kappa shape index (κ3) is 2.82. The first-order valence-corrected chi connectivity index (χ1v) is 7.42. The Hall–Kier alpha value is -2.34. The quantitative estimate of drug-likeness (QED) is 0.895. The van der Waals surface area contributed by atoms with E-state index in [0.717, 1.165) is 42.3 Å². The van der Waals surface area contributed by atoms with Crippen LogP contribution >= 0.6 is 0 Å². The largest absolute Gasteiger partial charge is 0.496 e. The van der Waals surface area contributed by atoms with Gasteiger partial charge in [0.25, 0.3) is 0 Å². The van der Waals surface area contributed by atoms with Crippen LogP contribution in [0.1, 0.15) is 6.92 Å². The molecule has 3 N–H and O–H groups in total. The summed E-state index contributed by atoms with van der Waals surface area (Å²) in [7, 11) is 1.68. The van der Waals surface area contributed by atoms with Gasteiger partial charge in [-0.25, -0.2) is 9.97 Å². The molecule has 1 aliphatic rings. The highest BCUT2D eigenvalue weighted by molar-refractivity contribution is 5.71. The zero-order chi connectivity index (χ0) is 15.5. The predicted octanol–water partition coefficient (Wildman–Crippen LogP) is 1.53. The van der Waals surface area contributed by atoms with Gasteiger partial charge in [-0.2, -0.15) is 0 Å². The summed E-state index contributed by atoms with van der Waals surface area (Å²) in [5.41, 5.74) is 7.50. The highest BCUT2D eigenvalue weighted by Gasteiger charge is 2.20. The number of pyridine rings is 2. The van der Waals surface area contributed by atoms with Crippen LogP contribution in [0.5, 0.6) is 5.75 Å². The van der Waals surface area contributed by atoms with Crippen molar-refractivity contribution in [1.82, 2.24) is 15.3 Å². The number of methoxy groups -OCH3 is 1. The number of nitrogens with zero attached hydrogens (tertiary/aromatic N) is 3. The van der Waals surface area contributed by atoms with Crippen LogP contribution in [0.3, 0.4) is 0 Å². The van der Waals surface area contributed by atoms with Gasteiger partial charge in [0.15, 0.2) is 0 Å². The normalized spacial score (nSPS) is 18.3. The summed E-state index contributed by atoms with van der Waals surface area (Å²) in [6, 6.07) is 6.11. The molecule has 1 saturated heterocycles. The molecule has 0 spiro atoms. The molecule has 22 heavy (non-hydrogen) atoms. The predicted molar refractivity (Wildman–Crippen MR) is 88.1 cm³/mol. The molecule has 0 aromatic carbocycles. The number of ether oxygens (including phenoxy) is 1. The lowest BCUT2D eigenvalue weighted by Gasteiger charge is -2.35. The zero-order valence-corrected chi connectivity index (χ0v) is 12.9. The Morgan fingerprint density at radius 2 is 2.18 bits per heavy atom. The van der Waals surface area contributed by atoms with E-state index in [1.54, 1.807) is 19.4 Å². The average molecular weight is 299 g/mol. The maximum absolute atomic E-state index is 5.64. The Balaban J connectivity index is 1.95. The van der Waals surface area contributed by atoms with Gasteiger partial charge < -0.3 is 20.7 Å². The Morgan fingerprint density at radius 3 is 2.86 bits per heavy atom. The van der Waals surface area contributed by atoms with E-state index in [0.29, 0.717) is 11.9 Å². The van der Waals surface area contributed by atoms with Crippen molar-refractivity contribution in [2.24, 2.45) is 0 Å². The van der Waals surface area contributed by atoms with Crippen molar-refractivity contribution in [2.75, 3.05) is 37.4 Å². The van der Waals surface area contributed by atoms with Gasteiger partial charge in [-0.1, -0.05) is 0 Å². The number of nitrogens with two attached hydrogens (primary N) is 1. The molecule has 2 aromatic rings. The molecular weight excluding hydrogens is 278 g/mol. The lowest BCUT2D eigenvalue weighted by Crippen LogP contribution is -2.50. The highest BCUT2D eigenvalue weighted by Crippen LogP contribution is 2.32. The molecule has 1 aliphatic heterocycles. The van der Waals surface area contributed by atoms with Gasteiger partial charge in [-0.15, -0.1) is 0 Å². The standard InChI is InChI=1S/C16H21N5O/c1-11-8-18-5-6-21(11)16-7-14(22-2)13(10-20-16)12-3-4-15(17)19-9-12/h3-4,7,9-11,18H,5-6,8H2,1-2H3,(H2,17,19)/t11-/m0/s1. The van der Waals surface area contributed by atoms with Crippen LogP contribution in [-0.4, -0.2) is 42.8 Å². The van der Waals surface area contributed by atoms with E-state index in [-0.39, 0.29) is 0 Å². The average Bonchev–Trinajstić information content (AvgIpc) is 2.55. The molecule has 0 unspecified atom stereocenters. The molecule has 2 aromatic heterocycles. The van der Waals surface area contributed by atoms with Crippen molar-refractivity contribution in [3.05, 3.63) is 30.6 Å². The summed E-state index contributed by atoms with van der Waals surface area (Å²) < 4.78 is 5.56. The molecule has 6 nitrogen and oxygen atoms in total. The van der Waals surface area contributed by atoms with Crippen LogP contribution in [0.4, 0.5) is 11.6 Å². The molecule has 1 atom stereocenters. The van der Waals surface area contributed by atoms with E-state index in [1.807, 2.05) is 18.3 Å². The minimum absolute atomic E-state index is 0.412.